The van der Waals surface area contributed by atoms with Gasteiger partial charge in [-0.1, -0.05) is 20.8 Å². The van der Waals surface area contributed by atoms with Crippen LogP contribution in [0.25, 0.3) is 0 Å². The van der Waals surface area contributed by atoms with Gasteiger partial charge in [-0.05, 0) is 7.05 Å². The average Bonchev–Trinajstić information content (AvgIpc) is 2.02. The Balaban J connectivity index is 3.14. The van der Waals surface area contributed by atoms with E-state index in [-0.39, 0.29) is 11.0 Å². The van der Waals surface area contributed by atoms with E-state index in [1.807, 2.05) is 27.8 Å². The summed E-state index contributed by atoms with van der Waals surface area (Å²) >= 11 is 0. The fourth-order valence-electron chi connectivity index (χ4n) is 1.14. The molecule has 0 fully saturated rings. The molecule has 0 saturated carbocycles. The van der Waals surface area contributed by atoms with Crippen LogP contribution >= 0.6 is 0 Å². The zero-order chi connectivity index (χ0) is 10.8. The van der Waals surface area contributed by atoms with Gasteiger partial charge in [0, 0.05) is 11.5 Å². The van der Waals surface area contributed by atoms with Gasteiger partial charge in [0.05, 0.1) is 12.2 Å². The van der Waals surface area contributed by atoms with Crippen LogP contribution in [0, 0.1) is 0 Å². The second-order valence-corrected chi connectivity index (χ2v) is 4.36. The molecule has 14 heavy (non-hydrogen) atoms. The molecule has 0 bridgehead atoms. The van der Waals surface area contributed by atoms with Crippen molar-refractivity contribution in [2.24, 2.45) is 0 Å². The molecular formula is C10H17N3O. The van der Waals surface area contributed by atoms with E-state index in [0.29, 0.717) is 12.4 Å². The lowest BCUT2D eigenvalue weighted by atomic mass is 9.92. The molecule has 1 rings (SSSR count). The number of H-pyrrole nitrogens is 1. The number of hydrogen-bond acceptors (Lipinski definition) is 3. The minimum absolute atomic E-state index is 0.0866. The molecule has 0 aliphatic carbocycles. The molecule has 0 aromatic carbocycles. The fraction of sp³-hybridized carbons (Fsp3) is 0.600. The minimum Gasteiger partial charge on any atom is -0.313 e. The first-order valence-corrected chi connectivity index (χ1v) is 4.69. The van der Waals surface area contributed by atoms with Crippen molar-refractivity contribution in [2.75, 3.05) is 7.05 Å². The lowest BCUT2D eigenvalue weighted by Crippen LogP contribution is -2.23. The summed E-state index contributed by atoms with van der Waals surface area (Å²) in [6, 6.07) is 1.55. The summed E-state index contributed by atoms with van der Waals surface area (Å²) in [5, 5.41) is 2.96. The molecule has 78 valence electrons. The normalized spacial score (nSPS) is 11.7. The second kappa shape index (κ2) is 3.92. The summed E-state index contributed by atoms with van der Waals surface area (Å²) in [4.78, 5) is 18.4. The lowest BCUT2D eigenvalue weighted by Gasteiger charge is -2.17. The Morgan fingerprint density at radius 2 is 2.14 bits per heavy atom. The van der Waals surface area contributed by atoms with Crippen LogP contribution in [0.15, 0.2) is 10.9 Å². The van der Waals surface area contributed by atoms with Gasteiger partial charge in [-0.3, -0.25) is 4.79 Å². The second-order valence-electron chi connectivity index (χ2n) is 4.36. The predicted octanol–water partition coefficient (Wildman–Crippen LogP) is 0.787. The summed E-state index contributed by atoms with van der Waals surface area (Å²) in [6.45, 7) is 6.70. The Kier molecular flexibility index (Phi) is 3.06. The van der Waals surface area contributed by atoms with Crippen LogP contribution in [0.4, 0.5) is 0 Å². The highest BCUT2D eigenvalue weighted by Gasteiger charge is 2.16. The van der Waals surface area contributed by atoms with Gasteiger partial charge in [0.25, 0.3) is 5.56 Å². The maximum Gasteiger partial charge on any atom is 0.251 e. The zero-order valence-electron chi connectivity index (χ0n) is 9.14. The first-order valence-electron chi connectivity index (χ1n) is 4.69. The van der Waals surface area contributed by atoms with Crippen LogP contribution in [-0.4, -0.2) is 17.0 Å². The van der Waals surface area contributed by atoms with Crippen molar-refractivity contribution < 1.29 is 0 Å². The highest BCUT2D eigenvalue weighted by Crippen LogP contribution is 2.17. The van der Waals surface area contributed by atoms with Crippen LogP contribution in [0.3, 0.4) is 0 Å². The van der Waals surface area contributed by atoms with Gasteiger partial charge in [0.1, 0.15) is 5.82 Å². The van der Waals surface area contributed by atoms with Crippen molar-refractivity contribution in [3.05, 3.63) is 27.9 Å². The maximum atomic E-state index is 11.3. The zero-order valence-corrected chi connectivity index (χ0v) is 9.14. The fourth-order valence-corrected chi connectivity index (χ4v) is 1.14. The monoisotopic (exact) mass is 195 g/mol. The number of hydrogen-bond donors (Lipinski definition) is 2. The molecule has 0 spiro atoms. The number of rotatable bonds is 2. The molecule has 0 amide bonds. The Morgan fingerprint density at radius 1 is 1.50 bits per heavy atom. The van der Waals surface area contributed by atoms with Gasteiger partial charge in [-0.2, -0.15) is 0 Å². The molecule has 0 saturated heterocycles. The van der Waals surface area contributed by atoms with E-state index < -0.39 is 0 Å². The van der Waals surface area contributed by atoms with Gasteiger partial charge in [0.15, 0.2) is 0 Å². The van der Waals surface area contributed by atoms with Gasteiger partial charge in [-0.25, -0.2) is 4.98 Å². The largest absolute Gasteiger partial charge is 0.313 e. The molecule has 0 atom stereocenters. The van der Waals surface area contributed by atoms with E-state index in [1.165, 1.54) is 0 Å². The molecule has 0 radical (unpaired) electrons. The Hall–Kier alpha value is -1.16. The summed E-state index contributed by atoms with van der Waals surface area (Å²) < 4.78 is 0. The van der Waals surface area contributed by atoms with Crippen molar-refractivity contribution in [3.8, 4) is 0 Å². The Bertz CT molecular complexity index is 362. The van der Waals surface area contributed by atoms with E-state index in [1.54, 1.807) is 6.07 Å². The summed E-state index contributed by atoms with van der Waals surface area (Å²) in [5.74, 6) is 0.685. The molecule has 4 heteroatoms. The first-order chi connectivity index (χ1) is 6.43. The number of aromatic amines is 1. The predicted molar refractivity (Wildman–Crippen MR) is 56.3 cm³/mol. The van der Waals surface area contributed by atoms with Crippen molar-refractivity contribution in [1.29, 1.82) is 0 Å². The lowest BCUT2D eigenvalue weighted by molar-refractivity contribution is 0.557. The highest BCUT2D eigenvalue weighted by molar-refractivity contribution is 5.12. The van der Waals surface area contributed by atoms with Crippen molar-refractivity contribution >= 4 is 0 Å². The summed E-state index contributed by atoms with van der Waals surface area (Å²) in [5.41, 5.74) is 0.651. The SMILES string of the molecule is CNCc1nc(C(C)(C)C)cc(=O)[nH]1. The first kappa shape index (κ1) is 10.9. The quantitative estimate of drug-likeness (QED) is 0.733. The van der Waals surface area contributed by atoms with E-state index in [4.69, 9.17) is 0 Å². The van der Waals surface area contributed by atoms with Crippen LogP contribution in [0.2, 0.25) is 0 Å². The van der Waals surface area contributed by atoms with Crippen molar-refractivity contribution in [3.63, 3.8) is 0 Å². The minimum atomic E-state index is -0.0878. The molecule has 0 aliphatic heterocycles. The van der Waals surface area contributed by atoms with Gasteiger partial charge in [0.2, 0.25) is 0 Å². The molecule has 4 nitrogen and oxygen atoms in total. The van der Waals surface area contributed by atoms with Crippen molar-refractivity contribution in [1.82, 2.24) is 15.3 Å². The van der Waals surface area contributed by atoms with Crippen LogP contribution in [0.1, 0.15) is 32.3 Å². The number of nitrogens with zero attached hydrogens (tertiary/aromatic N) is 1. The standard InChI is InChI=1S/C10H17N3O/c1-10(2,3)7-5-9(14)13-8(12-7)6-11-4/h5,11H,6H2,1-4H3,(H,12,13,14). The van der Waals surface area contributed by atoms with Gasteiger partial charge < -0.3 is 10.3 Å². The van der Waals surface area contributed by atoms with Crippen LogP contribution in [-0.2, 0) is 12.0 Å². The Labute approximate surface area is 83.8 Å². The number of aromatic nitrogens is 2. The van der Waals surface area contributed by atoms with Gasteiger partial charge in [-0.15, -0.1) is 0 Å². The third-order valence-corrected chi connectivity index (χ3v) is 1.90. The summed E-state index contributed by atoms with van der Waals surface area (Å²) in [7, 11) is 1.82. The highest BCUT2D eigenvalue weighted by atomic mass is 16.1. The smallest absolute Gasteiger partial charge is 0.251 e. The third-order valence-electron chi connectivity index (χ3n) is 1.90. The van der Waals surface area contributed by atoms with E-state index in [9.17, 15) is 4.79 Å². The third kappa shape index (κ3) is 2.67. The van der Waals surface area contributed by atoms with Crippen LogP contribution in [0.5, 0.6) is 0 Å². The topological polar surface area (TPSA) is 57.8 Å². The molecule has 1 aromatic heterocycles. The molecule has 1 heterocycles. The maximum absolute atomic E-state index is 11.3. The van der Waals surface area contributed by atoms with Crippen molar-refractivity contribution in [2.45, 2.75) is 32.7 Å². The van der Waals surface area contributed by atoms with E-state index in [0.717, 1.165) is 5.69 Å². The van der Waals surface area contributed by atoms with E-state index in [2.05, 4.69) is 15.3 Å². The number of nitrogens with one attached hydrogen (secondary N) is 2. The Morgan fingerprint density at radius 3 is 2.64 bits per heavy atom. The molecule has 1 aromatic rings. The van der Waals surface area contributed by atoms with Crippen LogP contribution < -0.4 is 10.9 Å². The average molecular weight is 195 g/mol. The molecule has 0 unspecified atom stereocenters. The molecule has 0 aliphatic rings. The summed E-state index contributed by atoms with van der Waals surface area (Å²) in [6.07, 6.45) is 0. The van der Waals surface area contributed by atoms with E-state index >= 15 is 0 Å². The molecular weight excluding hydrogens is 178 g/mol. The molecule has 2 N–H and O–H groups in total. The van der Waals surface area contributed by atoms with Gasteiger partial charge >= 0.3 is 0 Å².